The standard InChI is InChI=1S/C21H27N3O4/c1-28-18-6-4-17(5-7-18)24-13-15(12-19(24)25)21(27)23-10-8-14(9-11-23)20(26)22-16-2-3-16/h4-7,14-16H,2-3,8-13H2,1H3,(H,22,26). The van der Waals surface area contributed by atoms with Crippen LogP contribution in [0, 0.1) is 11.8 Å². The van der Waals surface area contributed by atoms with Gasteiger partial charge in [0.1, 0.15) is 5.75 Å². The number of hydrogen-bond donors (Lipinski definition) is 1. The largest absolute Gasteiger partial charge is 0.497 e. The lowest BCUT2D eigenvalue weighted by Gasteiger charge is -2.33. The lowest BCUT2D eigenvalue weighted by molar-refractivity contribution is -0.139. The van der Waals surface area contributed by atoms with Crippen LogP contribution in [0.4, 0.5) is 5.69 Å². The molecule has 0 spiro atoms. The average Bonchev–Trinajstić information content (AvgIpc) is 3.46. The molecule has 0 radical (unpaired) electrons. The first-order valence-electron chi connectivity index (χ1n) is 10.1. The molecule has 3 amide bonds. The van der Waals surface area contributed by atoms with Gasteiger partial charge >= 0.3 is 0 Å². The molecule has 28 heavy (non-hydrogen) atoms. The SMILES string of the molecule is COc1ccc(N2CC(C(=O)N3CCC(C(=O)NC4CC4)CC3)CC2=O)cc1. The van der Waals surface area contributed by atoms with E-state index in [4.69, 9.17) is 4.74 Å². The summed E-state index contributed by atoms with van der Waals surface area (Å²) in [4.78, 5) is 41.1. The number of carbonyl (C=O) groups excluding carboxylic acids is 3. The Balaban J connectivity index is 1.31. The highest BCUT2D eigenvalue weighted by atomic mass is 16.5. The number of piperidine rings is 1. The number of nitrogens with zero attached hydrogens (tertiary/aromatic N) is 2. The van der Waals surface area contributed by atoms with E-state index < -0.39 is 0 Å². The lowest BCUT2D eigenvalue weighted by atomic mass is 9.94. The van der Waals surface area contributed by atoms with E-state index in [-0.39, 0.29) is 36.0 Å². The van der Waals surface area contributed by atoms with Crippen molar-refractivity contribution in [3.8, 4) is 5.75 Å². The number of benzene rings is 1. The summed E-state index contributed by atoms with van der Waals surface area (Å²) in [6.07, 6.45) is 3.82. The minimum atomic E-state index is -0.313. The zero-order valence-electron chi connectivity index (χ0n) is 16.2. The molecule has 3 aliphatic rings. The van der Waals surface area contributed by atoms with Crippen molar-refractivity contribution in [2.24, 2.45) is 11.8 Å². The topological polar surface area (TPSA) is 79.0 Å². The number of carbonyl (C=O) groups is 3. The molecule has 2 heterocycles. The number of methoxy groups -OCH3 is 1. The monoisotopic (exact) mass is 385 g/mol. The molecule has 1 aromatic rings. The van der Waals surface area contributed by atoms with Gasteiger partial charge < -0.3 is 19.9 Å². The molecule has 1 atom stereocenters. The van der Waals surface area contributed by atoms with Crippen molar-refractivity contribution in [1.29, 1.82) is 0 Å². The summed E-state index contributed by atoms with van der Waals surface area (Å²) in [5.74, 6) is 0.567. The molecular formula is C21H27N3O4. The molecule has 0 aromatic heterocycles. The quantitative estimate of drug-likeness (QED) is 0.834. The van der Waals surface area contributed by atoms with E-state index in [1.165, 1.54) is 0 Å². The van der Waals surface area contributed by atoms with E-state index in [0.717, 1.165) is 24.3 Å². The van der Waals surface area contributed by atoms with Gasteiger partial charge in [0.05, 0.1) is 13.0 Å². The van der Waals surface area contributed by atoms with E-state index in [2.05, 4.69) is 5.32 Å². The van der Waals surface area contributed by atoms with E-state index in [0.29, 0.717) is 38.5 Å². The summed E-state index contributed by atoms with van der Waals surface area (Å²) in [5.41, 5.74) is 0.788. The van der Waals surface area contributed by atoms with Gasteiger partial charge in [0.25, 0.3) is 0 Å². The molecule has 4 rings (SSSR count). The Hall–Kier alpha value is -2.57. The summed E-state index contributed by atoms with van der Waals surface area (Å²) in [7, 11) is 1.60. The highest BCUT2D eigenvalue weighted by Gasteiger charge is 2.39. The van der Waals surface area contributed by atoms with Gasteiger partial charge in [-0.05, 0) is 49.9 Å². The van der Waals surface area contributed by atoms with Gasteiger partial charge in [-0.15, -0.1) is 0 Å². The smallest absolute Gasteiger partial charge is 0.228 e. The third-order valence-electron chi connectivity index (χ3n) is 5.96. The van der Waals surface area contributed by atoms with Crippen molar-refractivity contribution in [1.82, 2.24) is 10.2 Å². The first-order chi connectivity index (χ1) is 13.5. The zero-order chi connectivity index (χ0) is 19.7. The maximum Gasteiger partial charge on any atom is 0.228 e. The third kappa shape index (κ3) is 3.98. The van der Waals surface area contributed by atoms with Crippen molar-refractivity contribution in [3.63, 3.8) is 0 Å². The van der Waals surface area contributed by atoms with Gasteiger partial charge in [-0.3, -0.25) is 14.4 Å². The normalized spacial score (nSPS) is 23.0. The van der Waals surface area contributed by atoms with E-state index in [1.54, 1.807) is 12.0 Å². The highest BCUT2D eigenvalue weighted by Crippen LogP contribution is 2.29. The third-order valence-corrected chi connectivity index (χ3v) is 5.96. The molecule has 1 N–H and O–H groups in total. The number of ether oxygens (including phenoxy) is 1. The van der Waals surface area contributed by atoms with E-state index in [9.17, 15) is 14.4 Å². The molecule has 0 bridgehead atoms. The molecule has 7 nitrogen and oxygen atoms in total. The first-order valence-corrected chi connectivity index (χ1v) is 10.1. The second-order valence-electron chi connectivity index (χ2n) is 7.99. The maximum atomic E-state index is 12.9. The van der Waals surface area contributed by atoms with Gasteiger partial charge in [-0.1, -0.05) is 0 Å². The number of hydrogen-bond acceptors (Lipinski definition) is 4. The van der Waals surface area contributed by atoms with Crippen LogP contribution in [-0.2, 0) is 14.4 Å². The fourth-order valence-electron chi connectivity index (χ4n) is 4.05. The summed E-state index contributed by atoms with van der Waals surface area (Å²) in [6.45, 7) is 1.59. The Morgan fingerprint density at radius 3 is 2.32 bits per heavy atom. The van der Waals surface area contributed by atoms with Gasteiger partial charge in [0, 0.05) is 43.7 Å². The van der Waals surface area contributed by atoms with Crippen LogP contribution in [0.25, 0.3) is 0 Å². The fourth-order valence-corrected chi connectivity index (χ4v) is 4.05. The summed E-state index contributed by atoms with van der Waals surface area (Å²) >= 11 is 0. The van der Waals surface area contributed by atoms with Crippen molar-refractivity contribution in [2.45, 2.75) is 38.1 Å². The Morgan fingerprint density at radius 1 is 1.04 bits per heavy atom. The Kier molecular flexibility index (Phi) is 5.24. The fraction of sp³-hybridized carbons (Fsp3) is 0.571. The van der Waals surface area contributed by atoms with Crippen molar-refractivity contribution in [3.05, 3.63) is 24.3 Å². The van der Waals surface area contributed by atoms with Crippen molar-refractivity contribution >= 4 is 23.4 Å². The van der Waals surface area contributed by atoms with Crippen LogP contribution < -0.4 is 15.0 Å². The van der Waals surface area contributed by atoms with E-state index in [1.807, 2.05) is 29.2 Å². The number of likely N-dealkylation sites (tertiary alicyclic amines) is 1. The van der Waals surface area contributed by atoms with Crippen LogP contribution in [0.2, 0.25) is 0 Å². The van der Waals surface area contributed by atoms with Crippen LogP contribution in [0.3, 0.4) is 0 Å². The average molecular weight is 385 g/mol. The molecule has 7 heteroatoms. The minimum absolute atomic E-state index is 0.00524. The first kappa shape index (κ1) is 18.8. The molecule has 1 unspecified atom stereocenters. The van der Waals surface area contributed by atoms with Crippen LogP contribution in [0.1, 0.15) is 32.1 Å². The van der Waals surface area contributed by atoms with Crippen LogP contribution in [0.5, 0.6) is 5.75 Å². The predicted molar refractivity (Wildman–Crippen MR) is 104 cm³/mol. The van der Waals surface area contributed by atoms with Gasteiger partial charge in [0.2, 0.25) is 17.7 Å². The van der Waals surface area contributed by atoms with Crippen LogP contribution in [-0.4, -0.2) is 55.4 Å². The molecule has 1 aromatic carbocycles. The molecule has 1 aliphatic carbocycles. The molecule has 1 saturated carbocycles. The van der Waals surface area contributed by atoms with Crippen LogP contribution >= 0.6 is 0 Å². The van der Waals surface area contributed by atoms with E-state index >= 15 is 0 Å². The zero-order valence-corrected chi connectivity index (χ0v) is 16.2. The minimum Gasteiger partial charge on any atom is -0.497 e. The second kappa shape index (κ2) is 7.81. The number of rotatable bonds is 5. The Morgan fingerprint density at radius 2 is 1.71 bits per heavy atom. The molecule has 2 aliphatic heterocycles. The lowest BCUT2D eigenvalue weighted by Crippen LogP contribution is -2.45. The number of amides is 3. The molecule has 3 fully saturated rings. The second-order valence-corrected chi connectivity index (χ2v) is 7.99. The molecular weight excluding hydrogens is 358 g/mol. The summed E-state index contributed by atoms with van der Waals surface area (Å²) < 4.78 is 5.15. The highest BCUT2D eigenvalue weighted by molar-refractivity contribution is 6.00. The Bertz CT molecular complexity index is 751. The predicted octanol–water partition coefficient (Wildman–Crippen LogP) is 1.57. The summed E-state index contributed by atoms with van der Waals surface area (Å²) in [6, 6.07) is 7.69. The summed E-state index contributed by atoms with van der Waals surface area (Å²) in [5, 5.41) is 3.06. The van der Waals surface area contributed by atoms with Gasteiger partial charge in [-0.25, -0.2) is 0 Å². The molecule has 2 saturated heterocycles. The van der Waals surface area contributed by atoms with Crippen LogP contribution in [0.15, 0.2) is 24.3 Å². The van der Waals surface area contributed by atoms with Gasteiger partial charge in [-0.2, -0.15) is 0 Å². The van der Waals surface area contributed by atoms with Crippen molar-refractivity contribution < 1.29 is 19.1 Å². The number of nitrogens with one attached hydrogen (secondary N) is 1. The molecule has 150 valence electrons. The number of anilines is 1. The maximum absolute atomic E-state index is 12.9. The van der Waals surface area contributed by atoms with Gasteiger partial charge in [0.15, 0.2) is 0 Å². The Labute approximate surface area is 165 Å². The van der Waals surface area contributed by atoms with Crippen molar-refractivity contribution in [2.75, 3.05) is 31.6 Å².